The molecule has 116 valence electrons. The molecule has 0 bridgehead atoms. The van der Waals surface area contributed by atoms with Crippen molar-refractivity contribution in [3.8, 4) is 0 Å². The molecule has 1 heterocycles. The van der Waals surface area contributed by atoms with Crippen LogP contribution in [0.15, 0.2) is 0 Å². The van der Waals surface area contributed by atoms with Crippen LogP contribution in [0.2, 0.25) is 0 Å². The van der Waals surface area contributed by atoms with Crippen molar-refractivity contribution < 1.29 is 0 Å². The van der Waals surface area contributed by atoms with Gasteiger partial charge in [-0.25, -0.2) is 4.98 Å². The summed E-state index contributed by atoms with van der Waals surface area (Å²) < 4.78 is 0. The summed E-state index contributed by atoms with van der Waals surface area (Å²) in [5.41, 5.74) is 1.28. The molecule has 4 heteroatoms. The van der Waals surface area contributed by atoms with Crippen LogP contribution >= 0.6 is 11.3 Å². The molecule has 1 aromatic heterocycles. The van der Waals surface area contributed by atoms with E-state index in [1.165, 1.54) is 35.0 Å². The molecule has 0 unspecified atom stereocenters. The SMILES string of the molecule is CCCNCc1sc(N(CCC)CCC)nc1C(C)C. The van der Waals surface area contributed by atoms with Crippen LogP contribution in [0.1, 0.15) is 70.4 Å². The first-order chi connectivity index (χ1) is 9.63. The van der Waals surface area contributed by atoms with Gasteiger partial charge in [0, 0.05) is 24.5 Å². The molecule has 0 atom stereocenters. The Kier molecular flexibility index (Phi) is 8.15. The van der Waals surface area contributed by atoms with Crippen LogP contribution in [0.5, 0.6) is 0 Å². The standard InChI is InChI=1S/C16H31N3S/c1-6-9-17-12-14-15(13(4)5)18-16(20-14)19(10-7-2)11-8-3/h13,17H,6-12H2,1-5H3. The Labute approximate surface area is 128 Å². The Hall–Kier alpha value is -0.610. The van der Waals surface area contributed by atoms with Gasteiger partial charge in [0.15, 0.2) is 5.13 Å². The Balaban J connectivity index is 2.88. The molecule has 3 nitrogen and oxygen atoms in total. The number of nitrogens with one attached hydrogen (secondary N) is 1. The van der Waals surface area contributed by atoms with E-state index in [2.05, 4.69) is 44.8 Å². The van der Waals surface area contributed by atoms with Crippen molar-refractivity contribution in [3.63, 3.8) is 0 Å². The van der Waals surface area contributed by atoms with Crippen molar-refractivity contribution in [1.82, 2.24) is 10.3 Å². The van der Waals surface area contributed by atoms with Crippen LogP contribution in [-0.2, 0) is 6.54 Å². The highest BCUT2D eigenvalue weighted by Gasteiger charge is 2.17. The molecule has 0 radical (unpaired) electrons. The Morgan fingerprint density at radius 2 is 1.75 bits per heavy atom. The van der Waals surface area contributed by atoms with E-state index in [9.17, 15) is 0 Å². The van der Waals surface area contributed by atoms with Gasteiger partial charge in [-0.05, 0) is 31.7 Å². The molecule has 0 aliphatic carbocycles. The second-order valence-electron chi connectivity index (χ2n) is 5.62. The van der Waals surface area contributed by atoms with Crippen molar-refractivity contribution in [2.45, 2.75) is 66.3 Å². The maximum atomic E-state index is 4.93. The van der Waals surface area contributed by atoms with E-state index in [0.29, 0.717) is 5.92 Å². The Morgan fingerprint density at radius 1 is 1.10 bits per heavy atom. The molecule has 0 saturated heterocycles. The van der Waals surface area contributed by atoms with Crippen molar-refractivity contribution in [3.05, 3.63) is 10.6 Å². The van der Waals surface area contributed by atoms with Gasteiger partial charge < -0.3 is 10.2 Å². The predicted molar refractivity (Wildman–Crippen MR) is 91.0 cm³/mol. The Bertz CT molecular complexity index is 368. The third-order valence-electron chi connectivity index (χ3n) is 3.23. The zero-order chi connectivity index (χ0) is 15.0. The van der Waals surface area contributed by atoms with E-state index >= 15 is 0 Å². The third kappa shape index (κ3) is 5.06. The summed E-state index contributed by atoms with van der Waals surface area (Å²) in [7, 11) is 0. The molecule has 0 spiro atoms. The highest BCUT2D eigenvalue weighted by molar-refractivity contribution is 7.15. The number of nitrogens with zero attached hydrogens (tertiary/aromatic N) is 2. The summed E-state index contributed by atoms with van der Waals surface area (Å²) in [4.78, 5) is 8.79. The number of anilines is 1. The maximum absolute atomic E-state index is 4.93. The van der Waals surface area contributed by atoms with Crippen molar-refractivity contribution in [1.29, 1.82) is 0 Å². The van der Waals surface area contributed by atoms with Crippen LogP contribution < -0.4 is 10.2 Å². The normalized spacial score (nSPS) is 11.3. The second-order valence-corrected chi connectivity index (χ2v) is 6.69. The lowest BCUT2D eigenvalue weighted by atomic mass is 10.1. The second kappa shape index (κ2) is 9.35. The lowest BCUT2D eigenvalue weighted by Crippen LogP contribution is -2.24. The first-order valence-electron chi connectivity index (χ1n) is 8.09. The lowest BCUT2D eigenvalue weighted by Gasteiger charge is -2.20. The van der Waals surface area contributed by atoms with Gasteiger partial charge in [0.25, 0.3) is 0 Å². The van der Waals surface area contributed by atoms with E-state index in [0.717, 1.165) is 26.2 Å². The largest absolute Gasteiger partial charge is 0.348 e. The van der Waals surface area contributed by atoms with Gasteiger partial charge >= 0.3 is 0 Å². The van der Waals surface area contributed by atoms with Gasteiger partial charge in [0.2, 0.25) is 0 Å². The average Bonchev–Trinajstić information content (AvgIpc) is 2.83. The molecule has 20 heavy (non-hydrogen) atoms. The summed E-state index contributed by atoms with van der Waals surface area (Å²) >= 11 is 1.88. The first kappa shape index (κ1) is 17.4. The maximum Gasteiger partial charge on any atom is 0.185 e. The van der Waals surface area contributed by atoms with Crippen molar-refractivity contribution in [2.24, 2.45) is 0 Å². The average molecular weight is 298 g/mol. The quantitative estimate of drug-likeness (QED) is 0.649. The summed E-state index contributed by atoms with van der Waals surface area (Å²) in [6.07, 6.45) is 3.54. The highest BCUT2D eigenvalue weighted by atomic mass is 32.1. The van der Waals surface area contributed by atoms with Crippen molar-refractivity contribution >= 4 is 16.5 Å². The van der Waals surface area contributed by atoms with Gasteiger partial charge in [-0.15, -0.1) is 11.3 Å². The van der Waals surface area contributed by atoms with Crippen LogP contribution in [0, 0.1) is 0 Å². The molecule has 1 rings (SSSR count). The molecule has 1 N–H and O–H groups in total. The molecule has 0 aliphatic heterocycles. The number of hydrogen-bond donors (Lipinski definition) is 1. The van der Waals surface area contributed by atoms with Gasteiger partial charge in [0.05, 0.1) is 5.69 Å². The number of aromatic nitrogens is 1. The molecule has 0 aliphatic rings. The molecule has 0 amide bonds. The molecule has 1 aromatic rings. The first-order valence-corrected chi connectivity index (χ1v) is 8.90. The topological polar surface area (TPSA) is 28.2 Å². The van der Waals surface area contributed by atoms with E-state index in [4.69, 9.17) is 4.98 Å². The van der Waals surface area contributed by atoms with Gasteiger partial charge in [-0.3, -0.25) is 0 Å². The summed E-state index contributed by atoms with van der Waals surface area (Å²) in [5.74, 6) is 0.503. The molecule has 0 aromatic carbocycles. The fourth-order valence-corrected chi connectivity index (χ4v) is 3.52. The van der Waals surface area contributed by atoms with Crippen molar-refractivity contribution in [2.75, 3.05) is 24.5 Å². The van der Waals surface area contributed by atoms with E-state index < -0.39 is 0 Å². The lowest BCUT2D eigenvalue weighted by molar-refractivity contribution is 0.670. The fraction of sp³-hybridized carbons (Fsp3) is 0.812. The highest BCUT2D eigenvalue weighted by Crippen LogP contribution is 2.31. The zero-order valence-corrected chi connectivity index (χ0v) is 14.6. The smallest absolute Gasteiger partial charge is 0.185 e. The van der Waals surface area contributed by atoms with E-state index in [1.54, 1.807) is 0 Å². The van der Waals surface area contributed by atoms with Crippen LogP contribution in [0.3, 0.4) is 0 Å². The fourth-order valence-electron chi connectivity index (χ4n) is 2.29. The van der Waals surface area contributed by atoms with Crippen LogP contribution in [0.25, 0.3) is 0 Å². The Morgan fingerprint density at radius 3 is 2.25 bits per heavy atom. The number of thiazole rings is 1. The predicted octanol–water partition coefficient (Wildman–Crippen LogP) is 4.39. The number of hydrogen-bond acceptors (Lipinski definition) is 4. The minimum absolute atomic E-state index is 0.503. The van der Waals surface area contributed by atoms with E-state index in [1.807, 2.05) is 11.3 Å². The molecular weight excluding hydrogens is 266 g/mol. The molecule has 0 saturated carbocycles. The summed E-state index contributed by atoms with van der Waals surface area (Å²) in [5, 5.41) is 4.73. The zero-order valence-electron chi connectivity index (χ0n) is 13.8. The van der Waals surface area contributed by atoms with E-state index in [-0.39, 0.29) is 0 Å². The molecule has 0 fully saturated rings. The number of rotatable bonds is 10. The monoisotopic (exact) mass is 297 g/mol. The molecular formula is C16H31N3S. The van der Waals surface area contributed by atoms with Gasteiger partial charge in [-0.1, -0.05) is 34.6 Å². The third-order valence-corrected chi connectivity index (χ3v) is 4.36. The van der Waals surface area contributed by atoms with Crippen LogP contribution in [0.4, 0.5) is 5.13 Å². The summed E-state index contributed by atoms with van der Waals surface area (Å²) in [6, 6.07) is 0. The minimum atomic E-state index is 0.503. The minimum Gasteiger partial charge on any atom is -0.348 e. The van der Waals surface area contributed by atoms with Crippen LogP contribution in [-0.4, -0.2) is 24.6 Å². The van der Waals surface area contributed by atoms with Gasteiger partial charge in [0.1, 0.15) is 0 Å². The summed E-state index contributed by atoms with van der Waals surface area (Å²) in [6.45, 7) is 15.4. The van der Waals surface area contributed by atoms with Gasteiger partial charge in [-0.2, -0.15) is 0 Å².